The van der Waals surface area contributed by atoms with Crippen LogP contribution in [0.3, 0.4) is 0 Å². The third-order valence-electron chi connectivity index (χ3n) is 7.70. The summed E-state index contributed by atoms with van der Waals surface area (Å²) < 4.78 is 35.1. The van der Waals surface area contributed by atoms with Crippen molar-refractivity contribution in [2.45, 2.75) is 56.7 Å². The number of ether oxygens (including phenoxy) is 1. The zero-order valence-electron chi connectivity index (χ0n) is 19.9. The molecule has 190 valence electrons. The Balaban J connectivity index is 1.18. The van der Waals surface area contributed by atoms with Gasteiger partial charge in [0.2, 0.25) is 0 Å². The predicted octanol–water partition coefficient (Wildman–Crippen LogP) is 2.84. The fourth-order valence-corrected chi connectivity index (χ4v) is 6.73. The number of nitrogen functional groups attached to an aromatic ring is 1. The van der Waals surface area contributed by atoms with Crippen LogP contribution < -0.4 is 21.7 Å². The lowest BCUT2D eigenvalue weighted by Gasteiger charge is -2.28. The molecule has 2 aliphatic heterocycles. The first-order chi connectivity index (χ1) is 17.2. The lowest BCUT2D eigenvalue weighted by Crippen LogP contribution is -2.46. The lowest BCUT2D eigenvalue weighted by atomic mass is 9.91. The fourth-order valence-electron chi connectivity index (χ4n) is 5.70. The summed E-state index contributed by atoms with van der Waals surface area (Å²) in [5.41, 5.74) is 14.2. The highest BCUT2D eigenvalue weighted by Crippen LogP contribution is 2.38. The molecule has 5 heterocycles. The minimum absolute atomic E-state index is 0.172. The number of nitrogens with zero attached hydrogens (tertiary/aromatic N) is 3. The van der Waals surface area contributed by atoms with Gasteiger partial charge in [0.15, 0.2) is 11.6 Å². The summed E-state index contributed by atoms with van der Waals surface area (Å²) in [7, 11) is 0. The van der Waals surface area contributed by atoms with Crippen molar-refractivity contribution >= 4 is 39.0 Å². The summed E-state index contributed by atoms with van der Waals surface area (Å²) in [6.45, 7) is 3.32. The quantitative estimate of drug-likeness (QED) is 0.492. The van der Waals surface area contributed by atoms with E-state index in [-0.39, 0.29) is 35.2 Å². The molecule has 2 saturated heterocycles. The number of nitrogens with one attached hydrogen (secondary N) is 1. The standard InChI is InChI=1S/C25H28F2N6O2S/c1-12-16(26)9-15-20(29)21(36-24(15)30-12)23(34)31-14-3-4-18-13(7-14)8-17(27)22(32-18)33-10-19(28)25(11-33)5-2-6-35-25/h8-9,14,19H,2-7,10-11,28-29H2,1H3,(H,31,34). The number of hydrogen-bond acceptors (Lipinski definition) is 8. The number of nitrogens with two attached hydrogens (primary N) is 2. The first kappa shape index (κ1) is 23.5. The van der Waals surface area contributed by atoms with E-state index in [0.29, 0.717) is 59.9 Å². The third kappa shape index (κ3) is 3.80. The van der Waals surface area contributed by atoms with E-state index in [1.807, 2.05) is 4.90 Å². The molecule has 11 heteroatoms. The molecule has 3 aromatic rings. The van der Waals surface area contributed by atoms with Crippen molar-refractivity contribution in [1.29, 1.82) is 0 Å². The average Bonchev–Trinajstić information content (AvgIpc) is 3.53. The zero-order valence-corrected chi connectivity index (χ0v) is 20.8. The number of rotatable bonds is 3. The van der Waals surface area contributed by atoms with Gasteiger partial charge in [-0.1, -0.05) is 0 Å². The van der Waals surface area contributed by atoms with Crippen molar-refractivity contribution < 1.29 is 18.3 Å². The minimum atomic E-state index is -0.460. The second-order valence-corrected chi connectivity index (χ2v) is 11.1. The number of carbonyl (C=O) groups excluding carboxylic acids is 1. The Kier molecular flexibility index (Phi) is 5.62. The van der Waals surface area contributed by atoms with E-state index >= 15 is 4.39 Å². The van der Waals surface area contributed by atoms with Crippen LogP contribution in [-0.4, -0.2) is 53.3 Å². The maximum atomic E-state index is 15.2. The summed E-state index contributed by atoms with van der Waals surface area (Å²) in [6.07, 6.45) is 3.60. The average molecular weight is 515 g/mol. The van der Waals surface area contributed by atoms with Gasteiger partial charge in [-0.3, -0.25) is 4.79 Å². The molecule has 1 spiro atoms. The van der Waals surface area contributed by atoms with Crippen LogP contribution in [0.5, 0.6) is 0 Å². The molecule has 5 N–H and O–H groups in total. The van der Waals surface area contributed by atoms with Gasteiger partial charge in [0, 0.05) is 30.3 Å². The van der Waals surface area contributed by atoms with Crippen molar-refractivity contribution in [3.8, 4) is 0 Å². The molecule has 1 aliphatic carbocycles. The third-order valence-corrected chi connectivity index (χ3v) is 8.81. The van der Waals surface area contributed by atoms with Crippen molar-refractivity contribution in [3.63, 3.8) is 0 Å². The first-order valence-corrected chi connectivity index (χ1v) is 13.0. The molecule has 0 bridgehead atoms. The molecular formula is C25H28F2N6O2S. The molecule has 8 nitrogen and oxygen atoms in total. The van der Waals surface area contributed by atoms with Crippen LogP contribution in [0.1, 0.15) is 45.9 Å². The molecule has 0 aromatic carbocycles. The lowest BCUT2D eigenvalue weighted by molar-refractivity contribution is 0.0108. The summed E-state index contributed by atoms with van der Waals surface area (Å²) in [4.78, 5) is 24.6. The summed E-state index contributed by atoms with van der Waals surface area (Å²) in [6, 6.07) is 2.49. The highest BCUT2D eigenvalue weighted by atomic mass is 32.1. The van der Waals surface area contributed by atoms with Crippen LogP contribution in [0.2, 0.25) is 0 Å². The first-order valence-electron chi connectivity index (χ1n) is 12.2. The highest BCUT2D eigenvalue weighted by Gasteiger charge is 2.49. The Labute approximate surface area is 211 Å². The predicted molar refractivity (Wildman–Crippen MR) is 134 cm³/mol. The Morgan fingerprint density at radius 2 is 2.14 bits per heavy atom. The molecule has 1 amide bonds. The number of hydrogen-bond donors (Lipinski definition) is 3. The number of amides is 1. The monoisotopic (exact) mass is 514 g/mol. The molecule has 0 radical (unpaired) electrons. The number of fused-ring (bicyclic) bond motifs is 2. The number of pyridine rings is 2. The van der Waals surface area contributed by atoms with Crippen LogP contribution >= 0.6 is 11.3 Å². The van der Waals surface area contributed by atoms with Crippen molar-refractivity contribution in [2.75, 3.05) is 30.3 Å². The summed E-state index contributed by atoms with van der Waals surface area (Å²) in [5.74, 6) is -0.856. The van der Waals surface area contributed by atoms with Gasteiger partial charge in [0.1, 0.15) is 21.1 Å². The largest absolute Gasteiger partial charge is 0.397 e. The highest BCUT2D eigenvalue weighted by molar-refractivity contribution is 7.21. The summed E-state index contributed by atoms with van der Waals surface area (Å²) in [5, 5.41) is 3.45. The fraction of sp³-hybridized carbons (Fsp3) is 0.480. The Morgan fingerprint density at radius 1 is 1.31 bits per heavy atom. The van der Waals surface area contributed by atoms with E-state index in [4.69, 9.17) is 16.2 Å². The Hall–Kier alpha value is -2.89. The van der Waals surface area contributed by atoms with Crippen molar-refractivity contribution in [3.05, 3.63) is 45.6 Å². The van der Waals surface area contributed by atoms with Gasteiger partial charge >= 0.3 is 0 Å². The van der Waals surface area contributed by atoms with E-state index in [2.05, 4.69) is 15.3 Å². The van der Waals surface area contributed by atoms with Crippen LogP contribution in [0.15, 0.2) is 12.1 Å². The van der Waals surface area contributed by atoms with Crippen LogP contribution in [0.25, 0.3) is 10.2 Å². The maximum Gasteiger partial charge on any atom is 0.263 e. The molecule has 2 fully saturated rings. The Morgan fingerprint density at radius 3 is 2.92 bits per heavy atom. The number of aryl methyl sites for hydroxylation is 2. The minimum Gasteiger partial charge on any atom is -0.397 e. The molecular weight excluding hydrogens is 486 g/mol. The molecule has 6 rings (SSSR count). The molecule has 3 aliphatic rings. The summed E-state index contributed by atoms with van der Waals surface area (Å²) >= 11 is 1.14. The van der Waals surface area contributed by atoms with Crippen LogP contribution in [0.4, 0.5) is 20.3 Å². The van der Waals surface area contributed by atoms with Crippen molar-refractivity contribution in [2.24, 2.45) is 5.73 Å². The second-order valence-electron chi connectivity index (χ2n) is 10.1. The molecule has 3 atom stereocenters. The van der Waals surface area contributed by atoms with E-state index in [9.17, 15) is 9.18 Å². The number of carbonyl (C=O) groups is 1. The topological polar surface area (TPSA) is 119 Å². The zero-order chi connectivity index (χ0) is 25.2. The second kappa shape index (κ2) is 8.60. The van der Waals surface area contributed by atoms with E-state index in [0.717, 1.165) is 35.4 Å². The molecule has 0 saturated carbocycles. The van der Waals surface area contributed by atoms with Gasteiger partial charge in [-0.05, 0) is 56.7 Å². The van der Waals surface area contributed by atoms with E-state index < -0.39 is 11.4 Å². The normalized spacial score (nSPS) is 25.6. The van der Waals surface area contributed by atoms with Crippen molar-refractivity contribution in [1.82, 2.24) is 15.3 Å². The Bertz CT molecular complexity index is 1370. The van der Waals surface area contributed by atoms with Gasteiger partial charge in [-0.25, -0.2) is 18.7 Å². The SMILES string of the molecule is Cc1nc2sc(C(=O)NC3CCc4nc(N5CC(N)C6(CCCO6)C5)c(F)cc4C3)c(N)c2cc1F. The van der Waals surface area contributed by atoms with Gasteiger partial charge in [-0.15, -0.1) is 11.3 Å². The number of anilines is 2. The number of thiophene rings is 1. The van der Waals surface area contributed by atoms with Gasteiger partial charge < -0.3 is 26.4 Å². The van der Waals surface area contributed by atoms with Gasteiger partial charge in [0.25, 0.3) is 5.91 Å². The smallest absolute Gasteiger partial charge is 0.263 e. The number of aromatic nitrogens is 2. The molecule has 3 aromatic heterocycles. The van der Waals surface area contributed by atoms with Gasteiger partial charge in [0.05, 0.1) is 24.0 Å². The molecule has 36 heavy (non-hydrogen) atoms. The van der Waals surface area contributed by atoms with E-state index in [1.165, 1.54) is 12.1 Å². The van der Waals surface area contributed by atoms with Gasteiger partial charge in [-0.2, -0.15) is 0 Å². The van der Waals surface area contributed by atoms with Crippen LogP contribution in [-0.2, 0) is 17.6 Å². The van der Waals surface area contributed by atoms with E-state index in [1.54, 1.807) is 6.92 Å². The van der Waals surface area contributed by atoms with Crippen LogP contribution in [0, 0.1) is 18.6 Å². The molecule has 3 unspecified atom stereocenters. The maximum absolute atomic E-state index is 15.2. The number of halogens is 2.